The number of thiophene rings is 1. The Balaban J connectivity index is 1.48. The van der Waals surface area contributed by atoms with E-state index in [2.05, 4.69) is 5.32 Å². The van der Waals surface area contributed by atoms with Crippen LogP contribution in [0.3, 0.4) is 0 Å². The van der Waals surface area contributed by atoms with Crippen LogP contribution in [0.1, 0.15) is 56.6 Å². The number of carbonyl (C=O) groups is 3. The average molecular weight is 561 g/mol. The van der Waals surface area contributed by atoms with E-state index in [1.165, 1.54) is 11.3 Å². The van der Waals surface area contributed by atoms with Crippen molar-refractivity contribution in [2.75, 3.05) is 5.32 Å². The van der Waals surface area contributed by atoms with Crippen molar-refractivity contribution in [1.29, 1.82) is 0 Å². The fourth-order valence-electron chi connectivity index (χ4n) is 6.88. The van der Waals surface area contributed by atoms with Gasteiger partial charge in [-0.3, -0.25) is 14.4 Å². The number of para-hydroxylation sites is 1. The van der Waals surface area contributed by atoms with E-state index >= 15 is 0 Å². The maximum atomic E-state index is 14.8. The molecule has 4 heterocycles. The van der Waals surface area contributed by atoms with Gasteiger partial charge in [-0.25, -0.2) is 0 Å². The zero-order chi connectivity index (χ0) is 28.3. The molecule has 1 aromatic heterocycles. The minimum atomic E-state index is -1.33. The summed E-state index contributed by atoms with van der Waals surface area (Å²) in [5, 5.41) is 4.94. The number of rotatable bonds is 6. The molecule has 1 amide bonds. The van der Waals surface area contributed by atoms with Crippen molar-refractivity contribution in [2.45, 2.75) is 37.5 Å². The van der Waals surface area contributed by atoms with Crippen molar-refractivity contribution in [3.8, 4) is 5.75 Å². The standard InChI is InChI=1S/C34H28N2O4S/c1-20(2)40-23-15-13-22(14-16-23)30(37)28-29(31(38)27-12-7-19-41-27)36-18-17-21-8-3-4-9-24(21)32(36)34(28)25-10-5-6-11-26(25)35-33(34)39/h3-20,28-29,32H,1-2H3,(H,35,39)/t28-,29+,32-,34+/m0/s1. The number of amides is 1. The molecular formula is C34H28N2O4S. The number of carbonyl (C=O) groups excluding carboxylic acids is 3. The van der Waals surface area contributed by atoms with E-state index in [9.17, 15) is 14.4 Å². The topological polar surface area (TPSA) is 75.7 Å². The predicted molar refractivity (Wildman–Crippen MR) is 159 cm³/mol. The molecule has 4 atom stereocenters. The summed E-state index contributed by atoms with van der Waals surface area (Å²) in [7, 11) is 0. The Hall–Kier alpha value is -4.49. The highest BCUT2D eigenvalue weighted by Crippen LogP contribution is 2.62. The molecule has 204 valence electrons. The largest absolute Gasteiger partial charge is 0.491 e. The van der Waals surface area contributed by atoms with Crippen LogP contribution in [0.25, 0.3) is 6.08 Å². The van der Waals surface area contributed by atoms with E-state index < -0.39 is 23.4 Å². The van der Waals surface area contributed by atoms with Crippen LogP contribution in [0.5, 0.6) is 5.75 Å². The molecule has 4 aromatic rings. The van der Waals surface area contributed by atoms with Gasteiger partial charge in [0.15, 0.2) is 11.6 Å². The number of hydrogen-bond acceptors (Lipinski definition) is 6. The van der Waals surface area contributed by atoms with Crippen molar-refractivity contribution in [3.05, 3.63) is 124 Å². The number of hydrogen-bond donors (Lipinski definition) is 1. The minimum Gasteiger partial charge on any atom is -0.491 e. The predicted octanol–water partition coefficient (Wildman–Crippen LogP) is 6.52. The van der Waals surface area contributed by atoms with Gasteiger partial charge in [0.2, 0.25) is 5.91 Å². The number of nitrogens with zero attached hydrogens (tertiary/aromatic N) is 1. The molecular weight excluding hydrogens is 532 g/mol. The summed E-state index contributed by atoms with van der Waals surface area (Å²) in [5.74, 6) is -1.01. The summed E-state index contributed by atoms with van der Waals surface area (Å²) in [6.45, 7) is 3.89. The molecule has 1 spiro atoms. The average Bonchev–Trinajstić information content (AvgIpc) is 3.69. The lowest BCUT2D eigenvalue weighted by Crippen LogP contribution is -2.49. The van der Waals surface area contributed by atoms with Gasteiger partial charge in [-0.15, -0.1) is 11.3 Å². The van der Waals surface area contributed by atoms with Gasteiger partial charge in [0.1, 0.15) is 17.2 Å². The van der Waals surface area contributed by atoms with Crippen molar-refractivity contribution in [3.63, 3.8) is 0 Å². The molecule has 0 saturated carbocycles. The third kappa shape index (κ3) is 3.72. The third-order valence-corrected chi connectivity index (χ3v) is 9.28. The number of anilines is 1. The molecule has 3 aromatic carbocycles. The Morgan fingerprint density at radius 1 is 0.927 bits per heavy atom. The van der Waals surface area contributed by atoms with E-state index in [1.54, 1.807) is 30.3 Å². The van der Waals surface area contributed by atoms with Gasteiger partial charge in [0.25, 0.3) is 0 Å². The molecule has 3 aliphatic heterocycles. The van der Waals surface area contributed by atoms with Crippen LogP contribution in [0.15, 0.2) is 96.5 Å². The highest BCUT2D eigenvalue weighted by atomic mass is 32.1. The van der Waals surface area contributed by atoms with Gasteiger partial charge in [-0.05, 0) is 78.4 Å². The van der Waals surface area contributed by atoms with Crippen molar-refractivity contribution in [1.82, 2.24) is 4.90 Å². The SMILES string of the molecule is CC(C)Oc1ccc(C(=O)[C@@H]2[C@H](C(=O)c3cccs3)N3C=Cc4ccccc4[C@H]3[C@]23C(=O)Nc2ccccc23)cc1. The molecule has 6 nitrogen and oxygen atoms in total. The lowest BCUT2D eigenvalue weighted by atomic mass is 9.63. The number of nitrogens with one attached hydrogen (secondary N) is 1. The molecule has 3 aliphatic rings. The molecule has 0 bridgehead atoms. The zero-order valence-corrected chi connectivity index (χ0v) is 23.4. The molecule has 7 heteroatoms. The molecule has 1 saturated heterocycles. The molecule has 1 fully saturated rings. The lowest BCUT2D eigenvalue weighted by Gasteiger charge is -2.38. The highest BCUT2D eigenvalue weighted by molar-refractivity contribution is 7.12. The van der Waals surface area contributed by atoms with Crippen LogP contribution in [-0.2, 0) is 10.2 Å². The molecule has 41 heavy (non-hydrogen) atoms. The number of Topliss-reactive ketones (excluding diaryl/α,β-unsaturated/α-hetero) is 2. The van der Waals surface area contributed by atoms with Crippen LogP contribution >= 0.6 is 11.3 Å². The maximum Gasteiger partial charge on any atom is 0.238 e. The van der Waals surface area contributed by atoms with Crippen LogP contribution in [0, 0.1) is 5.92 Å². The van der Waals surface area contributed by atoms with Gasteiger partial charge in [0, 0.05) is 17.5 Å². The Kier molecular flexibility index (Phi) is 5.94. The van der Waals surface area contributed by atoms with Crippen LogP contribution in [0.2, 0.25) is 0 Å². The van der Waals surface area contributed by atoms with E-state index in [4.69, 9.17) is 4.74 Å². The Morgan fingerprint density at radius 2 is 1.68 bits per heavy atom. The van der Waals surface area contributed by atoms with Crippen molar-refractivity contribution < 1.29 is 19.1 Å². The Labute approximate surface area is 242 Å². The fourth-order valence-corrected chi connectivity index (χ4v) is 7.58. The quantitative estimate of drug-likeness (QED) is 0.272. The first kappa shape index (κ1) is 25.5. The summed E-state index contributed by atoms with van der Waals surface area (Å²) in [4.78, 5) is 46.2. The van der Waals surface area contributed by atoms with Crippen molar-refractivity contribution >= 4 is 40.6 Å². The Bertz CT molecular complexity index is 1710. The third-order valence-electron chi connectivity index (χ3n) is 8.40. The smallest absolute Gasteiger partial charge is 0.238 e. The second-order valence-electron chi connectivity index (χ2n) is 11.0. The van der Waals surface area contributed by atoms with E-state index in [0.717, 1.165) is 16.7 Å². The van der Waals surface area contributed by atoms with E-state index in [0.29, 0.717) is 21.9 Å². The number of fused-ring (bicyclic) bond motifs is 6. The monoisotopic (exact) mass is 560 g/mol. The fraction of sp³-hybridized carbons (Fsp3) is 0.206. The second kappa shape index (κ2) is 9.56. The van der Waals surface area contributed by atoms with E-state index in [-0.39, 0.29) is 23.6 Å². The second-order valence-corrected chi connectivity index (χ2v) is 11.9. The number of ether oxygens (including phenoxy) is 1. The minimum absolute atomic E-state index is 0.0103. The van der Waals surface area contributed by atoms with Crippen LogP contribution in [0.4, 0.5) is 5.69 Å². The van der Waals surface area contributed by atoms with Gasteiger partial charge < -0.3 is 15.0 Å². The van der Waals surface area contributed by atoms with Gasteiger partial charge in [-0.2, -0.15) is 0 Å². The molecule has 0 aliphatic carbocycles. The summed E-state index contributed by atoms with van der Waals surface area (Å²) in [6, 6.07) is 24.7. The number of ketones is 2. The van der Waals surface area contributed by atoms with Gasteiger partial charge in [0.05, 0.1) is 22.9 Å². The lowest BCUT2D eigenvalue weighted by molar-refractivity contribution is -0.122. The van der Waals surface area contributed by atoms with Gasteiger partial charge >= 0.3 is 0 Å². The molecule has 1 N–H and O–H groups in total. The number of benzene rings is 3. The molecule has 0 radical (unpaired) electrons. The van der Waals surface area contributed by atoms with Crippen LogP contribution < -0.4 is 10.1 Å². The normalized spacial score (nSPS) is 23.7. The molecule has 7 rings (SSSR count). The van der Waals surface area contributed by atoms with Gasteiger partial charge in [-0.1, -0.05) is 48.5 Å². The summed E-state index contributed by atoms with van der Waals surface area (Å²) < 4.78 is 5.81. The first-order valence-corrected chi connectivity index (χ1v) is 14.6. The first-order chi connectivity index (χ1) is 19.9. The highest BCUT2D eigenvalue weighted by Gasteiger charge is 2.70. The van der Waals surface area contributed by atoms with Crippen LogP contribution in [-0.4, -0.2) is 34.5 Å². The Morgan fingerprint density at radius 3 is 2.44 bits per heavy atom. The maximum absolute atomic E-state index is 14.8. The zero-order valence-electron chi connectivity index (χ0n) is 22.6. The summed E-state index contributed by atoms with van der Waals surface area (Å²) in [6.07, 6.45) is 3.85. The summed E-state index contributed by atoms with van der Waals surface area (Å²) in [5.41, 5.74) is 2.40. The summed E-state index contributed by atoms with van der Waals surface area (Å²) >= 11 is 1.35. The van der Waals surface area contributed by atoms with Crippen molar-refractivity contribution in [2.24, 2.45) is 5.92 Å². The first-order valence-electron chi connectivity index (χ1n) is 13.8. The van der Waals surface area contributed by atoms with E-state index in [1.807, 2.05) is 91.0 Å². The molecule has 0 unspecified atom stereocenters.